The molecule has 1 aromatic carbocycles. The minimum absolute atomic E-state index is 0.171. The summed E-state index contributed by atoms with van der Waals surface area (Å²) in [6.45, 7) is 3.92. The van der Waals surface area contributed by atoms with Crippen molar-refractivity contribution >= 4 is 17.6 Å². The van der Waals surface area contributed by atoms with E-state index in [0.717, 1.165) is 32.1 Å². The van der Waals surface area contributed by atoms with E-state index in [1.807, 2.05) is 4.90 Å². The first-order valence-electron chi connectivity index (χ1n) is 10.9. The lowest BCUT2D eigenvalue weighted by Crippen LogP contribution is -2.47. The van der Waals surface area contributed by atoms with Crippen molar-refractivity contribution in [3.05, 3.63) is 30.1 Å². The van der Waals surface area contributed by atoms with Crippen molar-refractivity contribution in [2.24, 2.45) is 5.92 Å². The minimum atomic E-state index is -0.463. The molecule has 1 atom stereocenters. The zero-order valence-corrected chi connectivity index (χ0v) is 17.3. The van der Waals surface area contributed by atoms with Crippen LogP contribution in [0, 0.1) is 11.7 Å². The number of urea groups is 1. The molecule has 164 valence electrons. The first kappa shape index (κ1) is 21.1. The van der Waals surface area contributed by atoms with Crippen LogP contribution in [0.25, 0.3) is 0 Å². The number of halogens is 1. The van der Waals surface area contributed by atoms with Crippen LogP contribution in [-0.2, 0) is 14.3 Å². The number of carbonyl (C=O) groups excluding carboxylic acids is 2. The van der Waals surface area contributed by atoms with E-state index in [9.17, 15) is 14.0 Å². The van der Waals surface area contributed by atoms with Gasteiger partial charge in [-0.25, -0.2) is 9.18 Å². The van der Waals surface area contributed by atoms with Crippen LogP contribution in [0.5, 0.6) is 0 Å². The van der Waals surface area contributed by atoms with Crippen LogP contribution in [0.1, 0.15) is 38.5 Å². The van der Waals surface area contributed by atoms with E-state index in [0.29, 0.717) is 57.4 Å². The van der Waals surface area contributed by atoms with Crippen LogP contribution in [0.15, 0.2) is 24.3 Å². The fourth-order valence-electron chi connectivity index (χ4n) is 4.62. The second-order valence-corrected chi connectivity index (χ2v) is 8.42. The maximum absolute atomic E-state index is 13.3. The Morgan fingerprint density at radius 2 is 1.90 bits per heavy atom. The number of amides is 3. The third kappa shape index (κ3) is 5.10. The van der Waals surface area contributed by atoms with Crippen molar-refractivity contribution in [2.45, 2.75) is 44.3 Å². The van der Waals surface area contributed by atoms with Gasteiger partial charge in [-0.15, -0.1) is 0 Å². The third-order valence-corrected chi connectivity index (χ3v) is 6.34. The quantitative estimate of drug-likeness (QED) is 0.814. The molecule has 4 rings (SSSR count). The molecule has 1 N–H and O–H groups in total. The maximum atomic E-state index is 13.3. The zero-order valence-electron chi connectivity index (χ0n) is 17.3. The Morgan fingerprint density at radius 3 is 2.63 bits per heavy atom. The summed E-state index contributed by atoms with van der Waals surface area (Å²) >= 11 is 0. The lowest BCUT2D eigenvalue weighted by molar-refractivity contribution is -0.187. The van der Waals surface area contributed by atoms with Crippen molar-refractivity contribution in [2.75, 3.05) is 44.7 Å². The summed E-state index contributed by atoms with van der Waals surface area (Å²) in [4.78, 5) is 28.9. The Kier molecular flexibility index (Phi) is 6.53. The highest BCUT2D eigenvalue weighted by Crippen LogP contribution is 2.32. The van der Waals surface area contributed by atoms with Gasteiger partial charge >= 0.3 is 6.03 Å². The Bertz CT molecular complexity index is 759. The first-order valence-corrected chi connectivity index (χ1v) is 10.9. The number of hydrogen-bond donors (Lipinski definition) is 1. The van der Waals surface area contributed by atoms with Crippen molar-refractivity contribution in [1.29, 1.82) is 0 Å². The summed E-state index contributed by atoms with van der Waals surface area (Å²) in [5, 5.41) is 2.76. The van der Waals surface area contributed by atoms with Gasteiger partial charge in [-0.1, -0.05) is 6.07 Å². The first-order chi connectivity index (χ1) is 14.5. The van der Waals surface area contributed by atoms with Gasteiger partial charge < -0.3 is 24.6 Å². The van der Waals surface area contributed by atoms with E-state index in [4.69, 9.17) is 9.47 Å². The molecule has 3 amide bonds. The molecule has 7 nitrogen and oxygen atoms in total. The molecule has 3 heterocycles. The molecular formula is C22H30FN3O4. The highest BCUT2D eigenvalue weighted by atomic mass is 19.1. The normalized spacial score (nSPS) is 23.6. The number of rotatable bonds is 4. The molecule has 0 bridgehead atoms. The second kappa shape index (κ2) is 9.31. The number of anilines is 1. The topological polar surface area (TPSA) is 71.1 Å². The summed E-state index contributed by atoms with van der Waals surface area (Å²) in [5.74, 6) is -0.365. The summed E-state index contributed by atoms with van der Waals surface area (Å²) < 4.78 is 24.8. The molecule has 0 saturated carbocycles. The predicted octanol–water partition coefficient (Wildman–Crippen LogP) is 3.22. The molecule has 1 spiro atoms. The molecule has 3 fully saturated rings. The standard InChI is InChI=1S/C22H30FN3O4/c23-18-4-1-5-19(15-18)24-21(28)26-10-2-3-17(16-26)6-7-20(27)25-11-8-22(9-12-25)29-13-14-30-22/h1,4-5,15,17H,2-3,6-14,16H2,(H,24,28)/t17-/m1/s1. The van der Waals surface area contributed by atoms with Gasteiger partial charge in [0.25, 0.3) is 0 Å². The van der Waals surface area contributed by atoms with E-state index >= 15 is 0 Å². The molecule has 8 heteroatoms. The monoisotopic (exact) mass is 419 g/mol. The van der Waals surface area contributed by atoms with Gasteiger partial charge in [0.1, 0.15) is 5.82 Å². The summed E-state index contributed by atoms with van der Waals surface area (Å²) in [6.07, 6.45) is 4.67. The average molecular weight is 419 g/mol. The van der Waals surface area contributed by atoms with Crippen LogP contribution in [0.3, 0.4) is 0 Å². The van der Waals surface area contributed by atoms with Crippen molar-refractivity contribution in [1.82, 2.24) is 9.80 Å². The Hall–Kier alpha value is -2.19. The molecule has 30 heavy (non-hydrogen) atoms. The van der Waals surface area contributed by atoms with Crippen LogP contribution >= 0.6 is 0 Å². The van der Waals surface area contributed by atoms with Gasteiger partial charge in [-0.05, 0) is 43.4 Å². The lowest BCUT2D eigenvalue weighted by Gasteiger charge is -2.38. The average Bonchev–Trinajstić information content (AvgIpc) is 3.20. The number of ether oxygens (including phenoxy) is 2. The minimum Gasteiger partial charge on any atom is -0.347 e. The molecule has 0 radical (unpaired) electrons. The number of carbonyl (C=O) groups is 2. The second-order valence-electron chi connectivity index (χ2n) is 8.42. The van der Waals surface area contributed by atoms with E-state index < -0.39 is 5.79 Å². The highest BCUT2D eigenvalue weighted by Gasteiger charge is 2.40. The number of piperidine rings is 2. The molecule has 1 aromatic rings. The van der Waals surface area contributed by atoms with Crippen LogP contribution < -0.4 is 5.32 Å². The molecule has 3 aliphatic heterocycles. The van der Waals surface area contributed by atoms with E-state index in [1.54, 1.807) is 17.0 Å². The van der Waals surface area contributed by atoms with Crippen LogP contribution in [0.2, 0.25) is 0 Å². The van der Waals surface area contributed by atoms with Gasteiger partial charge in [0.05, 0.1) is 13.2 Å². The number of hydrogen-bond acceptors (Lipinski definition) is 4. The summed E-state index contributed by atoms with van der Waals surface area (Å²) in [6, 6.07) is 5.69. The van der Waals surface area contributed by atoms with Crippen LogP contribution in [-0.4, -0.2) is 66.9 Å². The lowest BCUT2D eigenvalue weighted by atomic mass is 9.93. The highest BCUT2D eigenvalue weighted by molar-refractivity contribution is 5.89. The SMILES string of the molecule is O=C(CC[C@H]1CCCN(C(=O)Nc2cccc(F)c2)C1)N1CCC2(CC1)OCCO2. The smallest absolute Gasteiger partial charge is 0.321 e. The van der Waals surface area contributed by atoms with Gasteiger partial charge in [0.2, 0.25) is 5.91 Å². The maximum Gasteiger partial charge on any atom is 0.321 e. The Balaban J connectivity index is 1.21. The molecule has 3 saturated heterocycles. The van der Waals surface area contributed by atoms with Crippen LogP contribution in [0.4, 0.5) is 14.9 Å². The Labute approximate surface area is 176 Å². The number of likely N-dealkylation sites (tertiary alicyclic amines) is 2. The van der Waals surface area contributed by atoms with E-state index in [2.05, 4.69) is 5.32 Å². The molecule has 0 unspecified atom stereocenters. The molecular weight excluding hydrogens is 389 g/mol. The van der Waals surface area contributed by atoms with Gasteiger partial charge in [-0.3, -0.25) is 4.79 Å². The van der Waals surface area contributed by atoms with Crippen molar-refractivity contribution in [3.63, 3.8) is 0 Å². The molecule has 3 aliphatic rings. The largest absolute Gasteiger partial charge is 0.347 e. The van der Waals surface area contributed by atoms with Gasteiger partial charge in [0, 0.05) is 51.1 Å². The summed E-state index contributed by atoms with van der Waals surface area (Å²) in [7, 11) is 0. The predicted molar refractivity (Wildman–Crippen MR) is 109 cm³/mol. The zero-order chi connectivity index (χ0) is 21.0. The molecule has 0 aliphatic carbocycles. The fourth-order valence-corrected chi connectivity index (χ4v) is 4.62. The van der Waals surface area contributed by atoms with Crippen molar-refractivity contribution in [3.8, 4) is 0 Å². The number of nitrogens with zero attached hydrogens (tertiary/aromatic N) is 2. The third-order valence-electron chi connectivity index (χ3n) is 6.34. The van der Waals surface area contributed by atoms with E-state index in [1.165, 1.54) is 12.1 Å². The van der Waals surface area contributed by atoms with Gasteiger partial charge in [0.15, 0.2) is 5.79 Å². The Morgan fingerprint density at radius 1 is 1.13 bits per heavy atom. The number of nitrogens with one attached hydrogen (secondary N) is 1. The van der Waals surface area contributed by atoms with Gasteiger partial charge in [-0.2, -0.15) is 0 Å². The van der Waals surface area contributed by atoms with E-state index in [-0.39, 0.29) is 17.8 Å². The number of benzene rings is 1. The fraction of sp³-hybridized carbons (Fsp3) is 0.636. The summed E-state index contributed by atoms with van der Waals surface area (Å²) in [5.41, 5.74) is 0.454. The molecule has 0 aromatic heterocycles. The van der Waals surface area contributed by atoms with Crippen molar-refractivity contribution < 1.29 is 23.5 Å².